The summed E-state index contributed by atoms with van der Waals surface area (Å²) in [5, 5.41) is 0. The Kier molecular flexibility index (Phi) is 1.90. The van der Waals surface area contributed by atoms with Crippen LogP contribution in [-0.2, 0) is 6.18 Å². The molecule has 0 unspecified atom stereocenters. The molecule has 5 heteroatoms. The Labute approximate surface area is 78.9 Å². The molecule has 76 valence electrons. The monoisotopic (exact) mass is 202 g/mol. The zero-order valence-electron chi connectivity index (χ0n) is 7.30. The number of halogens is 3. The molecule has 0 saturated heterocycles. The lowest BCUT2D eigenvalue weighted by atomic mass is 10.2. The van der Waals surface area contributed by atoms with Crippen molar-refractivity contribution in [1.29, 1.82) is 0 Å². The first-order chi connectivity index (χ1) is 6.48. The maximum absolute atomic E-state index is 12.3. The third kappa shape index (κ3) is 1.66. The molecule has 1 saturated carbocycles. The third-order valence-electron chi connectivity index (χ3n) is 2.21. The van der Waals surface area contributed by atoms with Gasteiger partial charge in [0.05, 0.1) is 11.4 Å². The molecule has 0 radical (unpaired) electrons. The van der Waals surface area contributed by atoms with Crippen LogP contribution in [0.4, 0.5) is 18.9 Å². The van der Waals surface area contributed by atoms with Crippen molar-refractivity contribution in [2.45, 2.75) is 24.9 Å². The van der Waals surface area contributed by atoms with E-state index < -0.39 is 11.9 Å². The third-order valence-corrected chi connectivity index (χ3v) is 2.21. The van der Waals surface area contributed by atoms with Crippen LogP contribution < -0.4 is 5.73 Å². The van der Waals surface area contributed by atoms with Crippen molar-refractivity contribution in [2.24, 2.45) is 0 Å². The molecule has 0 atom stereocenters. The van der Waals surface area contributed by atoms with Gasteiger partial charge in [-0.2, -0.15) is 13.2 Å². The summed E-state index contributed by atoms with van der Waals surface area (Å²) in [7, 11) is 0. The van der Waals surface area contributed by atoms with Crippen molar-refractivity contribution in [1.82, 2.24) is 4.98 Å². The quantitative estimate of drug-likeness (QED) is 0.760. The van der Waals surface area contributed by atoms with Crippen LogP contribution in [0.5, 0.6) is 0 Å². The molecule has 0 aliphatic heterocycles. The number of alkyl halides is 3. The number of pyridine rings is 1. The maximum Gasteiger partial charge on any atom is 0.433 e. The van der Waals surface area contributed by atoms with Gasteiger partial charge in [0.25, 0.3) is 0 Å². The molecule has 1 aromatic rings. The molecule has 1 heterocycles. The largest absolute Gasteiger partial charge is 0.433 e. The van der Waals surface area contributed by atoms with Gasteiger partial charge >= 0.3 is 6.18 Å². The van der Waals surface area contributed by atoms with E-state index in [1.54, 1.807) is 0 Å². The minimum Gasteiger partial charge on any atom is -0.397 e. The smallest absolute Gasteiger partial charge is 0.397 e. The molecule has 2 rings (SSSR count). The van der Waals surface area contributed by atoms with Crippen molar-refractivity contribution in [3.8, 4) is 0 Å². The Bertz CT molecular complexity index is 356. The van der Waals surface area contributed by atoms with Crippen LogP contribution in [0.15, 0.2) is 12.1 Å². The first-order valence-corrected chi connectivity index (χ1v) is 4.32. The number of rotatable bonds is 1. The lowest BCUT2D eigenvalue weighted by molar-refractivity contribution is -0.141. The lowest BCUT2D eigenvalue weighted by Gasteiger charge is -2.09. The van der Waals surface area contributed by atoms with Crippen molar-refractivity contribution in [2.75, 3.05) is 5.73 Å². The number of aromatic nitrogens is 1. The number of nitrogens with zero attached hydrogens (tertiary/aromatic N) is 1. The standard InChI is InChI=1S/C9H9F3N2/c10-9(11,12)7-4-3-6(13)8(14-7)5-1-2-5/h3-5H,1-2,13H2. The van der Waals surface area contributed by atoms with E-state index in [4.69, 9.17) is 5.73 Å². The summed E-state index contributed by atoms with van der Waals surface area (Å²) in [5.41, 5.74) is 5.45. The maximum atomic E-state index is 12.3. The Morgan fingerprint density at radius 1 is 1.29 bits per heavy atom. The second-order valence-electron chi connectivity index (χ2n) is 3.44. The number of hydrogen-bond acceptors (Lipinski definition) is 2. The molecule has 1 aromatic heterocycles. The van der Waals surface area contributed by atoms with E-state index in [0.717, 1.165) is 18.9 Å². The number of hydrogen-bond donors (Lipinski definition) is 1. The van der Waals surface area contributed by atoms with Gasteiger partial charge in [-0.3, -0.25) is 0 Å². The zero-order valence-corrected chi connectivity index (χ0v) is 7.30. The minimum atomic E-state index is -4.38. The number of anilines is 1. The Hall–Kier alpha value is -1.26. The Morgan fingerprint density at radius 2 is 1.93 bits per heavy atom. The minimum absolute atomic E-state index is 0.136. The predicted molar refractivity (Wildman–Crippen MR) is 45.6 cm³/mol. The molecule has 0 amide bonds. The fourth-order valence-corrected chi connectivity index (χ4v) is 1.33. The van der Waals surface area contributed by atoms with Gasteiger partial charge in [0.15, 0.2) is 0 Å². The summed E-state index contributed by atoms with van der Waals surface area (Å²) in [6.45, 7) is 0. The molecular formula is C9H9F3N2. The van der Waals surface area contributed by atoms with Gasteiger partial charge in [0.2, 0.25) is 0 Å². The summed E-state index contributed by atoms with van der Waals surface area (Å²) in [6, 6.07) is 2.20. The summed E-state index contributed by atoms with van der Waals surface area (Å²) >= 11 is 0. The molecule has 1 aliphatic carbocycles. The van der Waals surface area contributed by atoms with Crippen LogP contribution in [0.25, 0.3) is 0 Å². The molecule has 14 heavy (non-hydrogen) atoms. The van der Waals surface area contributed by atoms with E-state index >= 15 is 0 Å². The number of nitrogen functional groups attached to an aromatic ring is 1. The van der Waals surface area contributed by atoms with Gasteiger partial charge < -0.3 is 5.73 Å². The van der Waals surface area contributed by atoms with Gasteiger partial charge in [-0.1, -0.05) is 0 Å². The average molecular weight is 202 g/mol. The van der Waals surface area contributed by atoms with Crippen LogP contribution >= 0.6 is 0 Å². The highest BCUT2D eigenvalue weighted by Gasteiger charge is 2.35. The molecule has 0 aromatic carbocycles. The normalized spacial score (nSPS) is 17.1. The summed E-state index contributed by atoms with van der Waals surface area (Å²) < 4.78 is 36.8. The molecule has 2 nitrogen and oxygen atoms in total. The fraction of sp³-hybridized carbons (Fsp3) is 0.444. The van der Waals surface area contributed by atoms with Crippen LogP contribution in [0.2, 0.25) is 0 Å². The van der Waals surface area contributed by atoms with Crippen molar-refractivity contribution in [3.63, 3.8) is 0 Å². The highest BCUT2D eigenvalue weighted by Crippen LogP contribution is 2.42. The van der Waals surface area contributed by atoms with E-state index in [9.17, 15) is 13.2 Å². The van der Waals surface area contributed by atoms with Gasteiger partial charge in [0.1, 0.15) is 5.69 Å². The van der Waals surface area contributed by atoms with E-state index in [1.165, 1.54) is 6.07 Å². The van der Waals surface area contributed by atoms with E-state index in [-0.39, 0.29) is 5.92 Å². The summed E-state index contributed by atoms with van der Waals surface area (Å²) in [4.78, 5) is 3.56. The molecule has 0 bridgehead atoms. The summed E-state index contributed by atoms with van der Waals surface area (Å²) in [6.07, 6.45) is -2.60. The molecule has 2 N–H and O–H groups in total. The summed E-state index contributed by atoms with van der Waals surface area (Å²) in [5.74, 6) is 0.136. The van der Waals surface area contributed by atoms with Crippen LogP contribution in [0.3, 0.4) is 0 Å². The molecule has 0 spiro atoms. The van der Waals surface area contributed by atoms with Crippen molar-refractivity contribution >= 4 is 5.69 Å². The first-order valence-electron chi connectivity index (χ1n) is 4.32. The highest BCUT2D eigenvalue weighted by molar-refractivity contribution is 5.47. The van der Waals surface area contributed by atoms with Gasteiger partial charge in [-0.25, -0.2) is 4.98 Å². The van der Waals surface area contributed by atoms with E-state index in [2.05, 4.69) is 4.98 Å². The van der Waals surface area contributed by atoms with Crippen LogP contribution in [0.1, 0.15) is 30.1 Å². The van der Waals surface area contributed by atoms with Crippen molar-refractivity contribution in [3.05, 3.63) is 23.5 Å². The SMILES string of the molecule is Nc1ccc(C(F)(F)F)nc1C1CC1. The fourth-order valence-electron chi connectivity index (χ4n) is 1.33. The Morgan fingerprint density at radius 3 is 2.43 bits per heavy atom. The predicted octanol–water partition coefficient (Wildman–Crippen LogP) is 2.56. The number of nitrogens with two attached hydrogens (primary N) is 1. The second-order valence-corrected chi connectivity index (χ2v) is 3.44. The first kappa shape index (κ1) is 9.30. The molecule has 1 fully saturated rings. The second kappa shape index (κ2) is 2.87. The lowest BCUT2D eigenvalue weighted by Crippen LogP contribution is -2.10. The van der Waals surface area contributed by atoms with Crippen LogP contribution in [0, 0.1) is 0 Å². The highest BCUT2D eigenvalue weighted by atomic mass is 19.4. The average Bonchev–Trinajstić information content (AvgIpc) is 2.85. The van der Waals surface area contributed by atoms with Crippen LogP contribution in [-0.4, -0.2) is 4.98 Å². The molecular weight excluding hydrogens is 193 g/mol. The van der Waals surface area contributed by atoms with E-state index in [1.807, 2.05) is 0 Å². The van der Waals surface area contributed by atoms with Gasteiger partial charge in [-0.05, 0) is 25.0 Å². The zero-order chi connectivity index (χ0) is 10.3. The van der Waals surface area contributed by atoms with E-state index in [0.29, 0.717) is 11.4 Å². The Balaban J connectivity index is 2.40. The molecule has 1 aliphatic rings. The topological polar surface area (TPSA) is 38.9 Å². The van der Waals surface area contributed by atoms with Gasteiger partial charge in [-0.15, -0.1) is 0 Å². The van der Waals surface area contributed by atoms with Gasteiger partial charge in [0, 0.05) is 5.92 Å². The van der Waals surface area contributed by atoms with Crippen molar-refractivity contribution < 1.29 is 13.2 Å².